The van der Waals surface area contributed by atoms with E-state index in [0.717, 1.165) is 30.8 Å². The molecule has 2 nitrogen and oxygen atoms in total. The number of hydrogen-bond donors (Lipinski definition) is 0. The molecule has 0 aromatic heterocycles. The fourth-order valence-electron chi connectivity index (χ4n) is 2.74. The summed E-state index contributed by atoms with van der Waals surface area (Å²) in [5.41, 5.74) is 3.12. The fourth-order valence-corrected chi connectivity index (χ4v) is 2.74. The first-order valence-corrected chi connectivity index (χ1v) is 6.98. The standard InChI is InChI=1S/C16H24O2/c1-14(2,3)10-9-11(15(4,5)6)13-12(10)17-16(18-13)7-8-16/h7-9H2,1-6H3. The summed E-state index contributed by atoms with van der Waals surface area (Å²) in [7, 11) is 0. The lowest BCUT2D eigenvalue weighted by Gasteiger charge is -2.26. The van der Waals surface area contributed by atoms with Gasteiger partial charge in [-0.2, -0.15) is 0 Å². The molecule has 1 aliphatic heterocycles. The van der Waals surface area contributed by atoms with E-state index in [1.54, 1.807) is 0 Å². The predicted octanol–water partition coefficient (Wildman–Crippen LogP) is 4.53. The Labute approximate surface area is 110 Å². The number of ether oxygens (including phenoxy) is 2. The van der Waals surface area contributed by atoms with E-state index in [1.165, 1.54) is 11.1 Å². The van der Waals surface area contributed by atoms with Gasteiger partial charge in [-0.05, 0) is 28.4 Å². The third kappa shape index (κ3) is 1.69. The molecule has 1 saturated carbocycles. The van der Waals surface area contributed by atoms with E-state index >= 15 is 0 Å². The highest BCUT2D eigenvalue weighted by molar-refractivity contribution is 5.47. The zero-order valence-electron chi connectivity index (χ0n) is 12.4. The Morgan fingerprint density at radius 1 is 0.778 bits per heavy atom. The van der Waals surface area contributed by atoms with Gasteiger partial charge < -0.3 is 9.47 Å². The van der Waals surface area contributed by atoms with Gasteiger partial charge in [0.25, 0.3) is 5.79 Å². The molecule has 100 valence electrons. The van der Waals surface area contributed by atoms with Gasteiger partial charge in [-0.15, -0.1) is 0 Å². The SMILES string of the molecule is CC(C)(C)C1=C2OC3(CC3)OC2=C(C(C)(C)C)C1. The lowest BCUT2D eigenvalue weighted by atomic mass is 9.79. The van der Waals surface area contributed by atoms with Gasteiger partial charge in [-0.3, -0.25) is 0 Å². The molecule has 0 radical (unpaired) electrons. The third-order valence-corrected chi connectivity index (χ3v) is 4.15. The second kappa shape index (κ2) is 3.15. The van der Waals surface area contributed by atoms with Crippen LogP contribution in [-0.2, 0) is 9.47 Å². The Morgan fingerprint density at radius 2 is 1.17 bits per heavy atom. The van der Waals surface area contributed by atoms with Gasteiger partial charge in [-0.25, -0.2) is 0 Å². The summed E-state index contributed by atoms with van der Waals surface area (Å²) in [5.74, 6) is 1.84. The molecule has 1 spiro atoms. The molecule has 1 saturated heterocycles. The average Bonchev–Trinajstić information content (AvgIpc) is 2.60. The minimum Gasteiger partial charge on any atom is -0.448 e. The van der Waals surface area contributed by atoms with Crippen molar-refractivity contribution in [3.8, 4) is 0 Å². The summed E-state index contributed by atoms with van der Waals surface area (Å²) in [6, 6.07) is 0. The molecule has 0 N–H and O–H groups in total. The van der Waals surface area contributed by atoms with Crippen molar-refractivity contribution >= 4 is 0 Å². The monoisotopic (exact) mass is 248 g/mol. The lowest BCUT2D eigenvalue weighted by Crippen LogP contribution is -2.16. The van der Waals surface area contributed by atoms with Crippen LogP contribution in [0.15, 0.2) is 22.7 Å². The molecule has 2 aliphatic carbocycles. The normalized spacial score (nSPS) is 25.4. The van der Waals surface area contributed by atoms with Gasteiger partial charge >= 0.3 is 0 Å². The number of allylic oxidation sites excluding steroid dienone is 2. The van der Waals surface area contributed by atoms with E-state index in [1.807, 2.05) is 0 Å². The van der Waals surface area contributed by atoms with Gasteiger partial charge in [-0.1, -0.05) is 41.5 Å². The summed E-state index contributed by atoms with van der Waals surface area (Å²) in [4.78, 5) is 0. The molecule has 0 aromatic rings. The van der Waals surface area contributed by atoms with E-state index < -0.39 is 0 Å². The minimum atomic E-state index is -0.280. The van der Waals surface area contributed by atoms with Gasteiger partial charge in [0.1, 0.15) is 0 Å². The highest BCUT2D eigenvalue weighted by Gasteiger charge is 2.58. The van der Waals surface area contributed by atoms with Crippen LogP contribution in [-0.4, -0.2) is 5.79 Å². The van der Waals surface area contributed by atoms with Gasteiger partial charge in [0.2, 0.25) is 0 Å². The van der Waals surface area contributed by atoms with Crippen molar-refractivity contribution in [1.82, 2.24) is 0 Å². The van der Waals surface area contributed by atoms with E-state index in [2.05, 4.69) is 41.5 Å². The maximum atomic E-state index is 6.15. The largest absolute Gasteiger partial charge is 0.448 e. The summed E-state index contributed by atoms with van der Waals surface area (Å²) >= 11 is 0. The molecule has 0 bridgehead atoms. The summed E-state index contributed by atoms with van der Waals surface area (Å²) < 4.78 is 12.3. The van der Waals surface area contributed by atoms with Crippen LogP contribution in [0.25, 0.3) is 0 Å². The second-order valence-corrected chi connectivity index (χ2v) is 7.91. The van der Waals surface area contributed by atoms with Gasteiger partial charge in [0, 0.05) is 12.8 Å². The Morgan fingerprint density at radius 3 is 1.44 bits per heavy atom. The van der Waals surface area contributed by atoms with Crippen LogP contribution < -0.4 is 0 Å². The maximum absolute atomic E-state index is 6.15. The first-order valence-electron chi connectivity index (χ1n) is 6.98. The van der Waals surface area contributed by atoms with Gasteiger partial charge in [0.05, 0.1) is 0 Å². The predicted molar refractivity (Wildman–Crippen MR) is 71.7 cm³/mol. The molecule has 0 unspecified atom stereocenters. The molecule has 1 heterocycles. The second-order valence-electron chi connectivity index (χ2n) is 7.91. The van der Waals surface area contributed by atoms with Crippen LogP contribution in [0.5, 0.6) is 0 Å². The third-order valence-electron chi connectivity index (χ3n) is 4.15. The first kappa shape index (κ1) is 12.1. The quantitative estimate of drug-likeness (QED) is 0.627. The van der Waals surface area contributed by atoms with Crippen LogP contribution in [0.3, 0.4) is 0 Å². The molecule has 3 rings (SSSR count). The summed E-state index contributed by atoms with van der Waals surface area (Å²) in [6.07, 6.45) is 3.08. The van der Waals surface area contributed by atoms with Crippen LogP contribution >= 0.6 is 0 Å². The fraction of sp³-hybridized carbons (Fsp3) is 0.750. The molecule has 0 atom stereocenters. The van der Waals surface area contributed by atoms with Crippen molar-refractivity contribution in [2.45, 2.75) is 66.6 Å². The summed E-state index contributed by atoms with van der Waals surface area (Å²) in [6.45, 7) is 13.6. The summed E-state index contributed by atoms with van der Waals surface area (Å²) in [5, 5.41) is 0. The van der Waals surface area contributed by atoms with Crippen molar-refractivity contribution in [2.75, 3.05) is 0 Å². The van der Waals surface area contributed by atoms with E-state index in [4.69, 9.17) is 9.47 Å². The van der Waals surface area contributed by atoms with E-state index in [0.29, 0.717) is 0 Å². The van der Waals surface area contributed by atoms with Crippen molar-refractivity contribution in [2.24, 2.45) is 10.8 Å². The highest BCUT2D eigenvalue weighted by Crippen LogP contribution is 2.59. The van der Waals surface area contributed by atoms with Crippen LogP contribution in [0, 0.1) is 10.8 Å². The molecule has 2 heteroatoms. The smallest absolute Gasteiger partial charge is 0.252 e. The molecule has 3 aliphatic rings. The molecule has 18 heavy (non-hydrogen) atoms. The number of fused-ring (bicyclic) bond motifs is 1. The molecule has 2 fully saturated rings. The molecule has 0 amide bonds. The Bertz CT molecular complexity index is 422. The molecular weight excluding hydrogens is 224 g/mol. The Balaban J connectivity index is 2.06. The van der Waals surface area contributed by atoms with Crippen molar-refractivity contribution in [3.63, 3.8) is 0 Å². The van der Waals surface area contributed by atoms with Crippen molar-refractivity contribution in [1.29, 1.82) is 0 Å². The topological polar surface area (TPSA) is 18.5 Å². The van der Waals surface area contributed by atoms with Crippen LogP contribution in [0.2, 0.25) is 0 Å². The molecular formula is C16H24O2. The minimum absolute atomic E-state index is 0.150. The van der Waals surface area contributed by atoms with Crippen LogP contribution in [0.1, 0.15) is 60.8 Å². The number of rotatable bonds is 0. The number of hydrogen-bond acceptors (Lipinski definition) is 2. The van der Waals surface area contributed by atoms with E-state index in [9.17, 15) is 0 Å². The highest BCUT2D eigenvalue weighted by atomic mass is 16.8. The van der Waals surface area contributed by atoms with Crippen molar-refractivity contribution in [3.05, 3.63) is 22.7 Å². The Kier molecular flexibility index (Phi) is 2.12. The van der Waals surface area contributed by atoms with Gasteiger partial charge in [0.15, 0.2) is 11.5 Å². The van der Waals surface area contributed by atoms with Crippen molar-refractivity contribution < 1.29 is 9.47 Å². The van der Waals surface area contributed by atoms with Crippen LogP contribution in [0.4, 0.5) is 0 Å². The average molecular weight is 248 g/mol. The zero-order chi connectivity index (χ0) is 13.3. The zero-order valence-corrected chi connectivity index (χ0v) is 12.4. The lowest BCUT2D eigenvalue weighted by molar-refractivity contribution is -0.0477. The Hall–Kier alpha value is -0.920. The molecule has 0 aromatic carbocycles. The van der Waals surface area contributed by atoms with E-state index in [-0.39, 0.29) is 16.6 Å². The maximum Gasteiger partial charge on any atom is 0.252 e. The first-order chi connectivity index (χ1) is 8.12.